The third kappa shape index (κ3) is 49.8. The van der Waals surface area contributed by atoms with Crippen molar-refractivity contribution >= 4 is 11.9 Å². The predicted molar refractivity (Wildman–Crippen MR) is 278 cm³/mol. The Hall–Kier alpha value is -1.66. The molecule has 0 aromatic heterocycles. The zero-order chi connectivity index (χ0) is 46.5. The largest absolute Gasteiger partial charge is 0.466 e. The van der Waals surface area contributed by atoms with Crippen LogP contribution in [-0.2, 0) is 14.3 Å². The second-order valence-electron chi connectivity index (χ2n) is 19.6. The summed E-state index contributed by atoms with van der Waals surface area (Å²) in [6.07, 6.45) is 64.6. The first-order valence-corrected chi connectivity index (χ1v) is 28.6. The minimum atomic E-state index is -0.699. The molecule has 6 nitrogen and oxygen atoms in total. The summed E-state index contributed by atoms with van der Waals surface area (Å²) >= 11 is 0. The van der Waals surface area contributed by atoms with E-state index in [0.717, 1.165) is 51.4 Å². The summed E-state index contributed by atoms with van der Waals surface area (Å²) in [6, 6.07) is -0.585. The summed E-state index contributed by atoms with van der Waals surface area (Å²) < 4.78 is 5.46. The highest BCUT2D eigenvalue weighted by Crippen LogP contribution is 2.17. The average molecular weight is 903 g/mol. The molecule has 6 heteroatoms. The fraction of sp³-hybridized carbons (Fsp3) is 0.897. The Kier molecular flexibility index (Phi) is 52.6. The van der Waals surface area contributed by atoms with Crippen molar-refractivity contribution in [3.63, 3.8) is 0 Å². The molecule has 0 aliphatic carbocycles. The van der Waals surface area contributed by atoms with Crippen molar-refractivity contribution in [2.75, 3.05) is 13.2 Å². The van der Waals surface area contributed by atoms with Gasteiger partial charge in [-0.2, -0.15) is 0 Å². The Bertz CT molecular complexity index is 997. The van der Waals surface area contributed by atoms with Crippen molar-refractivity contribution in [1.29, 1.82) is 0 Å². The Morgan fingerprint density at radius 2 is 0.797 bits per heavy atom. The maximum atomic E-state index is 12.4. The number of allylic oxidation sites excluding steroid dienone is 4. The number of rotatable bonds is 53. The SMILES string of the molecule is CCCCCCCCCCCCCCCCCCCCCCC(O)C(CO)NC(=O)CC/C=C\C/C=C\CCCCCCCCOC(=O)CCCCCCCCCCCCCCCC. The van der Waals surface area contributed by atoms with Crippen LogP contribution in [-0.4, -0.2) is 47.4 Å². The standard InChI is InChI=1S/C58H111NO5/c1-3-5-7-9-11-13-15-17-19-20-21-22-23-24-26-30-34-38-42-46-50-56(61)55(54-60)59-57(62)51-47-43-39-35-31-27-25-29-33-37-41-45-49-53-64-58(63)52-48-44-40-36-32-28-18-16-14-12-10-8-6-4-2/h27,31,39,43,55-56,60-61H,3-26,28-30,32-38,40-42,44-54H2,1-2H3,(H,59,62)/b31-27-,43-39-. The van der Waals surface area contributed by atoms with Gasteiger partial charge >= 0.3 is 5.97 Å². The molecule has 0 saturated heterocycles. The zero-order valence-electron chi connectivity index (χ0n) is 43.0. The van der Waals surface area contributed by atoms with Gasteiger partial charge in [0.15, 0.2) is 0 Å². The molecule has 0 rings (SSSR count). The highest BCUT2D eigenvalue weighted by molar-refractivity contribution is 5.76. The van der Waals surface area contributed by atoms with Crippen LogP contribution in [0.3, 0.4) is 0 Å². The van der Waals surface area contributed by atoms with E-state index in [1.165, 1.54) is 218 Å². The van der Waals surface area contributed by atoms with Gasteiger partial charge in [-0.05, 0) is 44.9 Å². The maximum absolute atomic E-state index is 12.4. The third-order valence-electron chi connectivity index (χ3n) is 13.3. The number of nitrogens with one attached hydrogen (secondary N) is 1. The van der Waals surface area contributed by atoms with Crippen LogP contribution >= 0.6 is 0 Å². The molecule has 0 heterocycles. The normalized spacial score (nSPS) is 12.8. The van der Waals surface area contributed by atoms with E-state index >= 15 is 0 Å². The van der Waals surface area contributed by atoms with Crippen molar-refractivity contribution in [3.05, 3.63) is 24.3 Å². The molecule has 0 aromatic carbocycles. The van der Waals surface area contributed by atoms with E-state index in [1.807, 2.05) is 6.08 Å². The lowest BCUT2D eigenvalue weighted by Crippen LogP contribution is -2.45. The number of amides is 1. The predicted octanol–water partition coefficient (Wildman–Crippen LogP) is 17.5. The van der Waals surface area contributed by atoms with Crippen LogP contribution in [0.5, 0.6) is 0 Å². The van der Waals surface area contributed by atoms with Gasteiger partial charge in [-0.1, -0.05) is 276 Å². The van der Waals surface area contributed by atoms with E-state index < -0.39 is 12.1 Å². The maximum Gasteiger partial charge on any atom is 0.305 e. The summed E-state index contributed by atoms with van der Waals surface area (Å²) in [5.74, 6) is -0.127. The van der Waals surface area contributed by atoms with Crippen LogP contribution in [0.2, 0.25) is 0 Å². The summed E-state index contributed by atoms with van der Waals surface area (Å²) in [5, 5.41) is 23.2. The molecule has 378 valence electrons. The van der Waals surface area contributed by atoms with Crippen molar-refractivity contribution in [2.24, 2.45) is 0 Å². The summed E-state index contributed by atoms with van der Waals surface area (Å²) in [4.78, 5) is 24.5. The van der Waals surface area contributed by atoms with Crippen molar-refractivity contribution in [2.45, 2.75) is 321 Å². The Morgan fingerprint density at radius 1 is 0.438 bits per heavy atom. The monoisotopic (exact) mass is 902 g/mol. The van der Waals surface area contributed by atoms with E-state index in [2.05, 4.69) is 37.4 Å². The molecule has 64 heavy (non-hydrogen) atoms. The van der Waals surface area contributed by atoms with Crippen molar-refractivity contribution < 1.29 is 24.5 Å². The molecule has 0 saturated carbocycles. The molecule has 2 unspecified atom stereocenters. The van der Waals surface area contributed by atoms with E-state index in [9.17, 15) is 19.8 Å². The summed E-state index contributed by atoms with van der Waals surface area (Å²) in [5.41, 5.74) is 0. The van der Waals surface area contributed by atoms with Crippen LogP contribution in [0.15, 0.2) is 24.3 Å². The van der Waals surface area contributed by atoms with Gasteiger partial charge in [-0.15, -0.1) is 0 Å². The van der Waals surface area contributed by atoms with E-state index in [4.69, 9.17) is 4.74 Å². The number of aliphatic hydroxyl groups is 2. The molecule has 0 bridgehead atoms. The average Bonchev–Trinajstić information content (AvgIpc) is 3.29. The van der Waals surface area contributed by atoms with Gasteiger partial charge < -0.3 is 20.3 Å². The Balaban J connectivity index is 3.53. The molecule has 0 aliphatic heterocycles. The molecular weight excluding hydrogens is 791 g/mol. The molecule has 0 aromatic rings. The number of ether oxygens (including phenoxy) is 1. The lowest BCUT2D eigenvalue weighted by Gasteiger charge is -2.22. The highest BCUT2D eigenvalue weighted by Gasteiger charge is 2.19. The number of hydrogen-bond acceptors (Lipinski definition) is 5. The minimum Gasteiger partial charge on any atom is -0.466 e. The molecular formula is C58H111NO5. The summed E-state index contributed by atoms with van der Waals surface area (Å²) in [6.45, 7) is 4.91. The number of aliphatic hydroxyl groups excluding tert-OH is 2. The molecule has 0 aliphatic rings. The molecule has 0 fully saturated rings. The minimum absolute atomic E-state index is 0.0142. The fourth-order valence-electron chi connectivity index (χ4n) is 8.87. The number of carbonyl (C=O) groups excluding carboxylic acids is 2. The van der Waals surface area contributed by atoms with Crippen LogP contribution in [0.4, 0.5) is 0 Å². The first kappa shape index (κ1) is 62.3. The Morgan fingerprint density at radius 3 is 1.22 bits per heavy atom. The number of hydrogen-bond donors (Lipinski definition) is 3. The first-order chi connectivity index (χ1) is 31.5. The van der Waals surface area contributed by atoms with E-state index in [-0.39, 0.29) is 18.5 Å². The smallest absolute Gasteiger partial charge is 0.305 e. The second kappa shape index (κ2) is 54.0. The van der Waals surface area contributed by atoms with Crippen LogP contribution in [0.1, 0.15) is 309 Å². The lowest BCUT2D eigenvalue weighted by molar-refractivity contribution is -0.143. The quantitative estimate of drug-likeness (QED) is 0.0321. The molecule has 0 spiro atoms. The zero-order valence-corrected chi connectivity index (χ0v) is 43.0. The second-order valence-corrected chi connectivity index (χ2v) is 19.6. The third-order valence-corrected chi connectivity index (χ3v) is 13.3. The highest BCUT2D eigenvalue weighted by atomic mass is 16.5. The van der Waals surface area contributed by atoms with Crippen LogP contribution in [0.25, 0.3) is 0 Å². The van der Waals surface area contributed by atoms with Gasteiger partial charge in [-0.3, -0.25) is 9.59 Å². The lowest BCUT2D eigenvalue weighted by atomic mass is 10.0. The van der Waals surface area contributed by atoms with Gasteiger partial charge in [0.1, 0.15) is 0 Å². The summed E-state index contributed by atoms with van der Waals surface area (Å²) in [7, 11) is 0. The number of esters is 1. The molecule has 2 atom stereocenters. The van der Waals surface area contributed by atoms with Gasteiger partial charge in [-0.25, -0.2) is 0 Å². The number of carbonyl (C=O) groups is 2. The van der Waals surface area contributed by atoms with E-state index in [1.54, 1.807) is 0 Å². The van der Waals surface area contributed by atoms with Crippen LogP contribution in [0, 0.1) is 0 Å². The van der Waals surface area contributed by atoms with Gasteiger partial charge in [0, 0.05) is 12.8 Å². The van der Waals surface area contributed by atoms with Gasteiger partial charge in [0.05, 0.1) is 25.4 Å². The van der Waals surface area contributed by atoms with Gasteiger partial charge in [0.25, 0.3) is 0 Å². The number of unbranched alkanes of at least 4 members (excludes halogenated alkanes) is 38. The van der Waals surface area contributed by atoms with Crippen LogP contribution < -0.4 is 5.32 Å². The molecule has 1 amide bonds. The van der Waals surface area contributed by atoms with Crippen molar-refractivity contribution in [1.82, 2.24) is 5.32 Å². The van der Waals surface area contributed by atoms with E-state index in [0.29, 0.717) is 32.3 Å². The van der Waals surface area contributed by atoms with Crippen molar-refractivity contribution in [3.8, 4) is 0 Å². The topological polar surface area (TPSA) is 95.9 Å². The first-order valence-electron chi connectivity index (χ1n) is 28.6. The fourth-order valence-corrected chi connectivity index (χ4v) is 8.87. The molecule has 0 radical (unpaired) electrons. The van der Waals surface area contributed by atoms with Gasteiger partial charge in [0.2, 0.25) is 5.91 Å². The molecule has 3 N–H and O–H groups in total. The Labute approximate surface area is 399 Å².